The van der Waals surface area contributed by atoms with Gasteiger partial charge in [0.15, 0.2) is 6.23 Å². The van der Waals surface area contributed by atoms with Gasteiger partial charge >= 0.3 is 0 Å². The van der Waals surface area contributed by atoms with Crippen molar-refractivity contribution in [2.45, 2.75) is 51.4 Å². The highest BCUT2D eigenvalue weighted by atomic mass is 19.1. The van der Waals surface area contributed by atoms with Gasteiger partial charge in [0.05, 0.1) is 28.6 Å². The van der Waals surface area contributed by atoms with Crippen molar-refractivity contribution in [1.29, 1.82) is 0 Å². The van der Waals surface area contributed by atoms with Gasteiger partial charge in [0.25, 0.3) is 0 Å². The molecule has 3 aromatic rings. The first-order valence-electron chi connectivity index (χ1n) is 10.6. The second-order valence-electron chi connectivity index (χ2n) is 8.44. The van der Waals surface area contributed by atoms with Crippen LogP contribution < -0.4 is 5.32 Å². The SMILES string of the molecule is COC(C)(C)CC#Cc1cc2c(cnn2C2CCCCO2)cc1Nc1ccc(F)cc1. The number of hydrogen-bond acceptors (Lipinski definition) is 4. The molecular weight excluding hydrogens is 393 g/mol. The molecule has 0 bridgehead atoms. The molecule has 1 aliphatic rings. The number of fused-ring (bicyclic) bond motifs is 1. The smallest absolute Gasteiger partial charge is 0.150 e. The minimum atomic E-state index is -0.320. The fraction of sp³-hybridized carbons (Fsp3) is 0.400. The first-order chi connectivity index (χ1) is 14.9. The molecule has 4 rings (SSSR count). The Morgan fingerprint density at radius 3 is 2.77 bits per heavy atom. The van der Waals surface area contributed by atoms with E-state index >= 15 is 0 Å². The third-order valence-electron chi connectivity index (χ3n) is 5.58. The molecule has 1 saturated heterocycles. The van der Waals surface area contributed by atoms with Gasteiger partial charge in [-0.25, -0.2) is 9.07 Å². The summed E-state index contributed by atoms with van der Waals surface area (Å²) in [5.74, 6) is 6.28. The van der Waals surface area contributed by atoms with E-state index in [1.54, 1.807) is 19.2 Å². The molecule has 0 spiro atoms. The zero-order valence-electron chi connectivity index (χ0n) is 18.2. The molecule has 0 amide bonds. The molecule has 31 heavy (non-hydrogen) atoms. The third-order valence-corrected chi connectivity index (χ3v) is 5.58. The van der Waals surface area contributed by atoms with Crippen molar-refractivity contribution in [3.8, 4) is 11.8 Å². The van der Waals surface area contributed by atoms with Gasteiger partial charge in [0.1, 0.15) is 5.82 Å². The summed E-state index contributed by atoms with van der Waals surface area (Å²) < 4.78 is 26.7. The van der Waals surface area contributed by atoms with E-state index in [0.29, 0.717) is 6.42 Å². The molecule has 5 nitrogen and oxygen atoms in total. The van der Waals surface area contributed by atoms with Gasteiger partial charge in [-0.3, -0.25) is 0 Å². The monoisotopic (exact) mass is 421 g/mol. The summed E-state index contributed by atoms with van der Waals surface area (Å²) in [6.45, 7) is 4.78. The Bertz CT molecular complexity index is 1100. The Morgan fingerprint density at radius 2 is 2.06 bits per heavy atom. The van der Waals surface area contributed by atoms with E-state index in [1.165, 1.54) is 12.1 Å². The fourth-order valence-electron chi connectivity index (χ4n) is 3.56. The summed E-state index contributed by atoms with van der Waals surface area (Å²) in [6.07, 6.45) is 5.59. The molecule has 1 aliphatic heterocycles. The Hall–Kier alpha value is -2.88. The molecular formula is C25H28FN3O2. The van der Waals surface area contributed by atoms with Crippen molar-refractivity contribution in [2.24, 2.45) is 0 Å². The van der Waals surface area contributed by atoms with Gasteiger partial charge in [-0.1, -0.05) is 11.8 Å². The van der Waals surface area contributed by atoms with E-state index in [4.69, 9.17) is 9.47 Å². The van der Waals surface area contributed by atoms with E-state index < -0.39 is 0 Å². The van der Waals surface area contributed by atoms with Crippen LogP contribution in [0.1, 0.15) is 51.3 Å². The van der Waals surface area contributed by atoms with Crippen molar-refractivity contribution in [3.63, 3.8) is 0 Å². The van der Waals surface area contributed by atoms with Crippen molar-refractivity contribution in [3.05, 3.63) is 54.0 Å². The number of nitrogens with zero attached hydrogens (tertiary/aromatic N) is 2. The van der Waals surface area contributed by atoms with Crippen LogP contribution in [-0.4, -0.2) is 29.1 Å². The summed E-state index contributed by atoms with van der Waals surface area (Å²) in [5.41, 5.74) is 3.17. The summed E-state index contributed by atoms with van der Waals surface area (Å²) in [4.78, 5) is 0. The van der Waals surface area contributed by atoms with Crippen molar-refractivity contribution < 1.29 is 13.9 Å². The Morgan fingerprint density at radius 1 is 1.26 bits per heavy atom. The Labute approximate surface area is 182 Å². The minimum absolute atomic E-state index is 0.0459. The van der Waals surface area contributed by atoms with Crippen LogP contribution in [0.2, 0.25) is 0 Å². The van der Waals surface area contributed by atoms with Crippen molar-refractivity contribution in [2.75, 3.05) is 19.0 Å². The highest BCUT2D eigenvalue weighted by Crippen LogP contribution is 2.31. The quantitative estimate of drug-likeness (QED) is 0.530. The van der Waals surface area contributed by atoms with Crippen LogP contribution in [0.15, 0.2) is 42.6 Å². The first kappa shape index (κ1) is 21.4. The van der Waals surface area contributed by atoms with E-state index in [-0.39, 0.29) is 17.6 Å². The predicted octanol–water partition coefficient (Wildman–Crippen LogP) is 5.78. The maximum atomic E-state index is 13.3. The van der Waals surface area contributed by atoms with Gasteiger partial charge in [-0.05, 0) is 69.5 Å². The lowest BCUT2D eigenvalue weighted by Crippen LogP contribution is -2.21. The molecule has 0 radical (unpaired) electrons. The van der Waals surface area contributed by atoms with E-state index in [9.17, 15) is 4.39 Å². The van der Waals surface area contributed by atoms with Crippen LogP contribution in [0.25, 0.3) is 10.9 Å². The number of methoxy groups -OCH3 is 1. The lowest BCUT2D eigenvalue weighted by atomic mass is 10.0. The molecule has 1 atom stereocenters. The predicted molar refractivity (Wildman–Crippen MR) is 121 cm³/mol. The van der Waals surface area contributed by atoms with Gasteiger partial charge in [0, 0.05) is 31.2 Å². The molecule has 1 N–H and O–H groups in total. The lowest BCUT2D eigenvalue weighted by Gasteiger charge is -2.23. The van der Waals surface area contributed by atoms with Crippen LogP contribution in [-0.2, 0) is 9.47 Å². The summed E-state index contributed by atoms with van der Waals surface area (Å²) in [7, 11) is 1.69. The largest absolute Gasteiger partial charge is 0.378 e. The molecule has 2 heterocycles. The van der Waals surface area contributed by atoms with Crippen molar-refractivity contribution in [1.82, 2.24) is 9.78 Å². The molecule has 162 valence electrons. The van der Waals surface area contributed by atoms with Crippen LogP contribution in [0, 0.1) is 17.7 Å². The number of hydrogen-bond donors (Lipinski definition) is 1. The number of rotatable bonds is 5. The Balaban J connectivity index is 1.73. The maximum absolute atomic E-state index is 13.3. The molecule has 1 unspecified atom stereocenters. The fourth-order valence-corrected chi connectivity index (χ4v) is 3.56. The van der Waals surface area contributed by atoms with E-state index in [0.717, 1.165) is 53.7 Å². The molecule has 6 heteroatoms. The first-order valence-corrected chi connectivity index (χ1v) is 10.6. The standard InChI is InChI=1S/C25H28FN3O2/c1-25(2,30-3)13-6-7-18-16-23-19(17-27-29(23)24-8-4-5-14-31-24)15-22(18)28-21-11-9-20(26)10-12-21/h9-12,15-17,24,28H,4-5,8,13-14H2,1-3H3. The number of benzene rings is 2. The zero-order valence-corrected chi connectivity index (χ0v) is 18.2. The van der Waals surface area contributed by atoms with Crippen LogP contribution in [0.5, 0.6) is 0 Å². The summed E-state index contributed by atoms with van der Waals surface area (Å²) in [5, 5.41) is 8.97. The summed E-state index contributed by atoms with van der Waals surface area (Å²) in [6, 6.07) is 10.4. The molecule has 0 saturated carbocycles. The molecule has 1 aromatic heterocycles. The van der Waals surface area contributed by atoms with E-state index in [2.05, 4.69) is 28.3 Å². The van der Waals surface area contributed by atoms with Gasteiger partial charge in [-0.15, -0.1) is 0 Å². The average molecular weight is 422 g/mol. The topological polar surface area (TPSA) is 48.3 Å². The highest BCUT2D eigenvalue weighted by molar-refractivity contribution is 5.87. The molecule has 0 aliphatic carbocycles. The molecule has 1 fully saturated rings. The maximum Gasteiger partial charge on any atom is 0.150 e. The van der Waals surface area contributed by atoms with Gasteiger partial charge in [-0.2, -0.15) is 5.10 Å². The number of nitrogens with one attached hydrogen (secondary N) is 1. The molecule has 2 aromatic carbocycles. The van der Waals surface area contributed by atoms with Gasteiger partial charge < -0.3 is 14.8 Å². The highest BCUT2D eigenvalue weighted by Gasteiger charge is 2.19. The second-order valence-corrected chi connectivity index (χ2v) is 8.44. The van der Waals surface area contributed by atoms with Crippen LogP contribution in [0.4, 0.5) is 15.8 Å². The number of halogens is 1. The zero-order chi connectivity index (χ0) is 21.8. The third kappa shape index (κ3) is 5.07. The minimum Gasteiger partial charge on any atom is -0.378 e. The lowest BCUT2D eigenvalue weighted by molar-refractivity contribution is -0.0366. The second kappa shape index (κ2) is 9.09. The van der Waals surface area contributed by atoms with Crippen molar-refractivity contribution >= 4 is 22.3 Å². The Kier molecular flexibility index (Phi) is 6.26. The number of anilines is 2. The number of aromatic nitrogens is 2. The van der Waals surface area contributed by atoms with Crippen LogP contribution >= 0.6 is 0 Å². The van der Waals surface area contributed by atoms with Crippen LogP contribution in [0.3, 0.4) is 0 Å². The van der Waals surface area contributed by atoms with Gasteiger partial charge in [0.2, 0.25) is 0 Å². The summed E-state index contributed by atoms with van der Waals surface area (Å²) >= 11 is 0. The average Bonchev–Trinajstić information content (AvgIpc) is 3.18. The van der Waals surface area contributed by atoms with E-state index in [1.807, 2.05) is 30.8 Å². The normalized spacial score (nSPS) is 16.7. The number of ether oxygens (including phenoxy) is 2.